The Bertz CT molecular complexity index is 1000. The maximum atomic E-state index is 15.3. The van der Waals surface area contributed by atoms with Gasteiger partial charge in [-0.1, -0.05) is 29.0 Å². The number of rotatable bonds is 2. The Labute approximate surface area is 164 Å². The first-order chi connectivity index (χ1) is 12.9. The fourth-order valence-electron chi connectivity index (χ4n) is 3.18. The molecule has 0 bridgehead atoms. The Kier molecular flexibility index (Phi) is 4.69. The number of nitrogens with one attached hydrogen (secondary N) is 1. The van der Waals surface area contributed by atoms with Gasteiger partial charge in [0.1, 0.15) is 5.69 Å². The number of anilines is 1. The first-order valence-electron chi connectivity index (χ1n) is 8.54. The minimum atomic E-state index is -1.67. The fraction of sp³-hybridized carbons (Fsp3) is 0.333. The Hall–Kier alpha value is -2.32. The third-order valence-corrected chi connectivity index (χ3v) is 5.91. The molecule has 140 valence electrons. The van der Waals surface area contributed by atoms with Gasteiger partial charge >= 0.3 is 6.03 Å². The van der Waals surface area contributed by atoms with Crippen LogP contribution in [0.3, 0.4) is 0 Å². The van der Waals surface area contributed by atoms with Crippen LogP contribution in [0.15, 0.2) is 30.6 Å². The van der Waals surface area contributed by atoms with Gasteiger partial charge in [0.05, 0.1) is 10.2 Å². The molecule has 2 amide bonds. The SMILES string of the molecule is Cc1ccc2sc(NC(=O)N3CCC(F)(c4nccnc4Cl)CC3)nc2c1. The molecule has 1 N–H and O–H groups in total. The van der Waals surface area contributed by atoms with Crippen LogP contribution in [0.1, 0.15) is 24.1 Å². The van der Waals surface area contributed by atoms with Gasteiger partial charge in [0.15, 0.2) is 16.0 Å². The second kappa shape index (κ2) is 7.01. The third kappa shape index (κ3) is 3.59. The number of aryl methyl sites for hydroxylation is 1. The summed E-state index contributed by atoms with van der Waals surface area (Å²) >= 11 is 7.41. The molecule has 3 heterocycles. The highest BCUT2D eigenvalue weighted by Gasteiger charge is 2.40. The molecule has 0 spiro atoms. The number of hydrogen-bond acceptors (Lipinski definition) is 5. The number of benzene rings is 1. The number of nitrogens with zero attached hydrogens (tertiary/aromatic N) is 4. The van der Waals surface area contributed by atoms with E-state index in [1.54, 1.807) is 4.90 Å². The summed E-state index contributed by atoms with van der Waals surface area (Å²) in [4.78, 5) is 26.5. The zero-order valence-electron chi connectivity index (χ0n) is 14.6. The van der Waals surface area contributed by atoms with Gasteiger partial charge < -0.3 is 4.90 Å². The van der Waals surface area contributed by atoms with Gasteiger partial charge in [-0.2, -0.15) is 0 Å². The summed E-state index contributed by atoms with van der Waals surface area (Å²) < 4.78 is 16.3. The lowest BCUT2D eigenvalue weighted by Gasteiger charge is -2.35. The molecule has 4 rings (SSSR count). The quantitative estimate of drug-likeness (QED) is 0.679. The molecule has 1 fully saturated rings. The van der Waals surface area contributed by atoms with E-state index in [1.165, 1.54) is 23.7 Å². The van der Waals surface area contributed by atoms with E-state index in [9.17, 15) is 4.79 Å². The summed E-state index contributed by atoms with van der Waals surface area (Å²) in [7, 11) is 0. The summed E-state index contributed by atoms with van der Waals surface area (Å²) in [5.74, 6) is 0. The lowest BCUT2D eigenvalue weighted by molar-refractivity contribution is 0.0681. The predicted octanol–water partition coefficient (Wildman–Crippen LogP) is 4.54. The van der Waals surface area contributed by atoms with Gasteiger partial charge in [-0.3, -0.25) is 10.3 Å². The predicted molar refractivity (Wildman–Crippen MR) is 104 cm³/mol. The van der Waals surface area contributed by atoms with Gasteiger partial charge in [0, 0.05) is 38.3 Å². The van der Waals surface area contributed by atoms with E-state index in [4.69, 9.17) is 11.6 Å². The summed E-state index contributed by atoms with van der Waals surface area (Å²) in [5.41, 5.74) is 0.445. The molecule has 0 atom stereocenters. The number of carbonyl (C=O) groups excluding carboxylic acids is 1. The van der Waals surface area contributed by atoms with Crippen LogP contribution in [0.2, 0.25) is 5.15 Å². The number of piperidine rings is 1. The first-order valence-corrected chi connectivity index (χ1v) is 9.73. The van der Waals surface area contributed by atoms with Crippen LogP contribution in [-0.4, -0.2) is 39.0 Å². The normalized spacial score (nSPS) is 16.5. The smallest absolute Gasteiger partial charge is 0.323 e. The van der Waals surface area contributed by atoms with Crippen molar-refractivity contribution in [3.8, 4) is 0 Å². The largest absolute Gasteiger partial charge is 0.324 e. The van der Waals surface area contributed by atoms with Crippen LogP contribution in [-0.2, 0) is 5.67 Å². The highest BCUT2D eigenvalue weighted by atomic mass is 35.5. The van der Waals surface area contributed by atoms with E-state index in [0.29, 0.717) is 5.13 Å². The molecule has 1 aliphatic heterocycles. The van der Waals surface area contributed by atoms with Gasteiger partial charge in [-0.05, 0) is 24.6 Å². The van der Waals surface area contributed by atoms with Crippen molar-refractivity contribution in [1.29, 1.82) is 0 Å². The monoisotopic (exact) mass is 405 g/mol. The highest BCUT2D eigenvalue weighted by Crippen LogP contribution is 2.38. The van der Waals surface area contributed by atoms with Gasteiger partial charge in [-0.15, -0.1) is 0 Å². The van der Waals surface area contributed by atoms with E-state index in [1.807, 2.05) is 25.1 Å². The van der Waals surface area contributed by atoms with Crippen LogP contribution in [0.5, 0.6) is 0 Å². The van der Waals surface area contributed by atoms with Gasteiger partial charge in [0.25, 0.3) is 0 Å². The molecule has 1 aliphatic rings. The molecule has 27 heavy (non-hydrogen) atoms. The summed E-state index contributed by atoms with van der Waals surface area (Å²) in [6.07, 6.45) is 3.10. The molecule has 9 heteroatoms. The number of fused-ring (bicyclic) bond motifs is 1. The highest BCUT2D eigenvalue weighted by molar-refractivity contribution is 7.22. The van der Waals surface area contributed by atoms with Crippen LogP contribution >= 0.6 is 22.9 Å². The number of carbonyl (C=O) groups is 1. The standard InChI is InChI=1S/C18H17ClFN5OS/c1-11-2-3-13-12(10-11)23-16(27-13)24-17(26)25-8-4-18(20,5-9-25)14-15(19)22-7-6-21-14/h2-3,6-7,10H,4-5,8-9H2,1H3,(H,23,24,26). The number of amides is 2. The summed E-state index contributed by atoms with van der Waals surface area (Å²) in [6.45, 7) is 2.52. The molecule has 0 unspecified atom stereocenters. The van der Waals surface area contributed by atoms with Crippen LogP contribution in [0.4, 0.5) is 14.3 Å². The van der Waals surface area contributed by atoms with Crippen molar-refractivity contribution in [1.82, 2.24) is 19.9 Å². The second-order valence-corrected chi connectivity index (χ2v) is 7.96. The molecule has 2 aromatic heterocycles. The van der Waals surface area contributed by atoms with Crippen molar-refractivity contribution in [2.24, 2.45) is 0 Å². The Morgan fingerprint density at radius 2 is 2.04 bits per heavy atom. The van der Waals surface area contributed by atoms with Crippen molar-refractivity contribution in [2.75, 3.05) is 18.4 Å². The number of aromatic nitrogens is 3. The van der Waals surface area contributed by atoms with Crippen molar-refractivity contribution in [3.05, 3.63) is 47.0 Å². The first kappa shape index (κ1) is 18.1. The minimum Gasteiger partial charge on any atom is -0.324 e. The topological polar surface area (TPSA) is 71.0 Å². The second-order valence-electron chi connectivity index (χ2n) is 6.57. The number of halogens is 2. The zero-order chi connectivity index (χ0) is 19.0. The molecular weight excluding hydrogens is 389 g/mol. The Balaban J connectivity index is 1.43. The molecule has 0 aliphatic carbocycles. The van der Waals surface area contributed by atoms with Gasteiger partial charge in [0.2, 0.25) is 0 Å². The average Bonchev–Trinajstić information content (AvgIpc) is 3.03. The maximum absolute atomic E-state index is 15.3. The number of thiazole rings is 1. The molecule has 3 aromatic rings. The Morgan fingerprint density at radius 3 is 2.78 bits per heavy atom. The summed E-state index contributed by atoms with van der Waals surface area (Å²) in [6, 6.07) is 5.69. The number of hydrogen-bond donors (Lipinski definition) is 1. The third-order valence-electron chi connectivity index (χ3n) is 4.68. The number of alkyl halides is 1. The van der Waals surface area contributed by atoms with E-state index in [-0.39, 0.29) is 42.8 Å². The average molecular weight is 406 g/mol. The van der Waals surface area contributed by atoms with E-state index < -0.39 is 5.67 Å². The molecule has 1 saturated heterocycles. The minimum absolute atomic E-state index is 0.0719. The van der Waals surface area contributed by atoms with Crippen LogP contribution < -0.4 is 5.32 Å². The number of urea groups is 1. The summed E-state index contributed by atoms with van der Waals surface area (Å²) in [5, 5.41) is 3.43. The molecule has 1 aromatic carbocycles. The van der Waals surface area contributed by atoms with Crippen molar-refractivity contribution in [2.45, 2.75) is 25.4 Å². The van der Waals surface area contributed by atoms with Crippen molar-refractivity contribution in [3.63, 3.8) is 0 Å². The zero-order valence-corrected chi connectivity index (χ0v) is 16.1. The molecule has 0 radical (unpaired) electrons. The number of likely N-dealkylation sites (tertiary alicyclic amines) is 1. The fourth-order valence-corrected chi connectivity index (χ4v) is 4.29. The lowest BCUT2D eigenvalue weighted by atomic mass is 9.90. The van der Waals surface area contributed by atoms with Crippen LogP contribution in [0, 0.1) is 6.92 Å². The lowest BCUT2D eigenvalue weighted by Crippen LogP contribution is -2.45. The maximum Gasteiger partial charge on any atom is 0.323 e. The molecule has 0 saturated carbocycles. The van der Waals surface area contributed by atoms with Crippen molar-refractivity contribution >= 4 is 44.3 Å². The Morgan fingerprint density at radius 1 is 1.30 bits per heavy atom. The van der Waals surface area contributed by atoms with E-state index >= 15 is 4.39 Å². The van der Waals surface area contributed by atoms with Crippen molar-refractivity contribution < 1.29 is 9.18 Å². The molecule has 6 nitrogen and oxygen atoms in total. The van der Waals surface area contributed by atoms with E-state index in [0.717, 1.165) is 15.8 Å². The van der Waals surface area contributed by atoms with Gasteiger partial charge in [-0.25, -0.2) is 19.2 Å². The molecular formula is C18H17ClFN5OS. The van der Waals surface area contributed by atoms with Crippen LogP contribution in [0.25, 0.3) is 10.2 Å². The van der Waals surface area contributed by atoms with E-state index in [2.05, 4.69) is 20.3 Å².